The fraction of sp³-hybridized carbons (Fsp3) is 0.722. The SMILES string of the molecule is CCCCNc1nc(C)c(C(N)=S)c(NC2(C)CCC(CO)C2C)n1. The Morgan fingerprint density at radius 3 is 2.72 bits per heavy atom. The molecule has 5 N–H and O–H groups in total. The number of nitrogens with zero attached hydrogens (tertiary/aromatic N) is 2. The van der Waals surface area contributed by atoms with Gasteiger partial charge >= 0.3 is 0 Å². The zero-order valence-corrected chi connectivity index (χ0v) is 16.5. The van der Waals surface area contributed by atoms with Gasteiger partial charge in [0.2, 0.25) is 5.95 Å². The first kappa shape index (κ1) is 19.8. The van der Waals surface area contributed by atoms with Crippen LogP contribution in [0.25, 0.3) is 0 Å². The fourth-order valence-corrected chi connectivity index (χ4v) is 3.84. The molecule has 25 heavy (non-hydrogen) atoms. The predicted molar refractivity (Wildman–Crippen MR) is 107 cm³/mol. The lowest BCUT2D eigenvalue weighted by Gasteiger charge is -2.34. The number of anilines is 2. The van der Waals surface area contributed by atoms with Crippen LogP contribution in [0, 0.1) is 18.8 Å². The third-order valence-electron chi connectivity index (χ3n) is 5.53. The summed E-state index contributed by atoms with van der Waals surface area (Å²) in [6, 6.07) is 0. The number of nitrogens with two attached hydrogens (primary N) is 1. The van der Waals surface area contributed by atoms with E-state index in [9.17, 15) is 5.11 Å². The van der Waals surface area contributed by atoms with Crippen LogP contribution < -0.4 is 16.4 Å². The summed E-state index contributed by atoms with van der Waals surface area (Å²) in [7, 11) is 0. The molecule has 0 saturated heterocycles. The van der Waals surface area contributed by atoms with Crippen molar-refractivity contribution in [1.29, 1.82) is 0 Å². The van der Waals surface area contributed by atoms with Gasteiger partial charge in [0.15, 0.2) is 0 Å². The van der Waals surface area contributed by atoms with E-state index in [4.69, 9.17) is 18.0 Å². The zero-order valence-electron chi connectivity index (χ0n) is 15.7. The van der Waals surface area contributed by atoms with Gasteiger partial charge in [-0.15, -0.1) is 0 Å². The summed E-state index contributed by atoms with van der Waals surface area (Å²) in [5, 5.41) is 16.4. The van der Waals surface area contributed by atoms with Crippen molar-refractivity contribution in [3.63, 3.8) is 0 Å². The fourth-order valence-electron chi connectivity index (χ4n) is 3.59. The Bertz CT molecular complexity index is 624. The minimum absolute atomic E-state index is 0.158. The monoisotopic (exact) mass is 365 g/mol. The lowest BCUT2D eigenvalue weighted by atomic mass is 9.86. The molecular weight excluding hydrogens is 334 g/mol. The smallest absolute Gasteiger partial charge is 0.224 e. The number of aromatic nitrogens is 2. The van der Waals surface area contributed by atoms with Crippen LogP contribution in [0.2, 0.25) is 0 Å². The van der Waals surface area contributed by atoms with Gasteiger partial charge in [-0.1, -0.05) is 32.5 Å². The number of unbranched alkanes of at least 4 members (excludes halogenated alkanes) is 1. The molecule has 2 rings (SSSR count). The molecule has 7 heteroatoms. The second kappa shape index (κ2) is 8.27. The molecule has 140 valence electrons. The van der Waals surface area contributed by atoms with Crippen LogP contribution in [-0.4, -0.2) is 38.8 Å². The number of aliphatic hydroxyl groups is 1. The van der Waals surface area contributed by atoms with Crippen LogP contribution >= 0.6 is 12.2 Å². The number of aryl methyl sites for hydroxylation is 1. The maximum atomic E-state index is 9.58. The van der Waals surface area contributed by atoms with Gasteiger partial charge in [-0.25, -0.2) is 4.98 Å². The van der Waals surface area contributed by atoms with E-state index < -0.39 is 0 Å². The number of hydrogen-bond acceptors (Lipinski definition) is 6. The van der Waals surface area contributed by atoms with E-state index >= 15 is 0 Å². The highest BCUT2D eigenvalue weighted by molar-refractivity contribution is 7.80. The Morgan fingerprint density at radius 2 is 2.16 bits per heavy atom. The first-order valence-corrected chi connectivity index (χ1v) is 9.54. The summed E-state index contributed by atoms with van der Waals surface area (Å²) in [5.41, 5.74) is 7.27. The molecule has 0 amide bonds. The van der Waals surface area contributed by atoms with Gasteiger partial charge in [0.25, 0.3) is 0 Å². The standard InChI is InChI=1S/C18H31N5OS/c1-5-6-9-20-17-21-12(3)14(15(19)25)16(22-17)23-18(4)8-7-13(10-24)11(18)2/h11,13,24H,5-10H2,1-4H3,(H2,19,25)(H2,20,21,22,23). The quantitative estimate of drug-likeness (QED) is 0.415. The molecule has 0 aliphatic heterocycles. The Labute approximate surface area is 156 Å². The van der Waals surface area contributed by atoms with Crippen molar-refractivity contribution in [2.24, 2.45) is 17.6 Å². The van der Waals surface area contributed by atoms with Crippen LogP contribution in [0.15, 0.2) is 0 Å². The van der Waals surface area contributed by atoms with Gasteiger partial charge in [0.1, 0.15) is 10.8 Å². The normalized spacial score (nSPS) is 25.8. The third-order valence-corrected chi connectivity index (χ3v) is 5.74. The van der Waals surface area contributed by atoms with Gasteiger partial charge in [0.05, 0.1) is 11.3 Å². The van der Waals surface area contributed by atoms with E-state index in [2.05, 4.69) is 41.4 Å². The van der Waals surface area contributed by atoms with Crippen LogP contribution in [-0.2, 0) is 0 Å². The molecule has 1 saturated carbocycles. The highest BCUT2D eigenvalue weighted by Gasteiger charge is 2.42. The van der Waals surface area contributed by atoms with Crippen molar-refractivity contribution >= 4 is 29.0 Å². The first-order valence-electron chi connectivity index (χ1n) is 9.13. The predicted octanol–water partition coefficient (Wildman–Crippen LogP) is 2.84. The minimum Gasteiger partial charge on any atom is -0.396 e. The maximum absolute atomic E-state index is 9.58. The lowest BCUT2D eigenvalue weighted by molar-refractivity contribution is 0.187. The maximum Gasteiger partial charge on any atom is 0.224 e. The molecule has 1 fully saturated rings. The number of rotatable bonds is 8. The molecule has 1 aliphatic carbocycles. The topological polar surface area (TPSA) is 96.1 Å². The molecule has 1 aromatic heterocycles. The van der Waals surface area contributed by atoms with E-state index in [0.29, 0.717) is 34.2 Å². The first-order chi connectivity index (χ1) is 11.8. The van der Waals surface area contributed by atoms with Gasteiger partial charge in [-0.2, -0.15) is 4.98 Å². The molecule has 6 nitrogen and oxygen atoms in total. The Morgan fingerprint density at radius 1 is 1.44 bits per heavy atom. The lowest BCUT2D eigenvalue weighted by Crippen LogP contribution is -2.40. The van der Waals surface area contributed by atoms with Gasteiger partial charge in [-0.05, 0) is 44.9 Å². The van der Waals surface area contributed by atoms with Crippen molar-refractivity contribution in [1.82, 2.24) is 9.97 Å². The van der Waals surface area contributed by atoms with Gasteiger partial charge < -0.3 is 21.5 Å². The Balaban J connectivity index is 2.32. The van der Waals surface area contributed by atoms with Gasteiger partial charge in [-0.3, -0.25) is 0 Å². The van der Waals surface area contributed by atoms with Gasteiger partial charge in [0, 0.05) is 18.7 Å². The van der Waals surface area contributed by atoms with E-state index in [0.717, 1.165) is 37.9 Å². The second-order valence-electron chi connectivity index (χ2n) is 7.31. The minimum atomic E-state index is -0.158. The van der Waals surface area contributed by atoms with E-state index in [-0.39, 0.29) is 12.1 Å². The highest BCUT2D eigenvalue weighted by atomic mass is 32.1. The van der Waals surface area contributed by atoms with Crippen molar-refractivity contribution < 1.29 is 5.11 Å². The second-order valence-corrected chi connectivity index (χ2v) is 7.75. The average Bonchev–Trinajstić information content (AvgIpc) is 2.82. The summed E-state index contributed by atoms with van der Waals surface area (Å²) < 4.78 is 0. The molecule has 3 unspecified atom stereocenters. The van der Waals surface area contributed by atoms with E-state index in [1.54, 1.807) is 0 Å². The molecule has 1 aliphatic rings. The summed E-state index contributed by atoms with van der Waals surface area (Å²) >= 11 is 5.24. The van der Waals surface area contributed by atoms with Crippen molar-refractivity contribution in [3.8, 4) is 0 Å². The third kappa shape index (κ3) is 4.39. The largest absolute Gasteiger partial charge is 0.396 e. The average molecular weight is 366 g/mol. The summed E-state index contributed by atoms with van der Waals surface area (Å²) in [6.07, 6.45) is 4.14. The Kier molecular flexibility index (Phi) is 6.57. The van der Waals surface area contributed by atoms with Crippen LogP contribution in [0.1, 0.15) is 57.7 Å². The molecular formula is C18H31N5OS. The molecule has 3 atom stereocenters. The highest BCUT2D eigenvalue weighted by Crippen LogP contribution is 2.42. The summed E-state index contributed by atoms with van der Waals surface area (Å²) in [4.78, 5) is 9.46. The summed E-state index contributed by atoms with van der Waals surface area (Å²) in [6.45, 7) is 9.46. The molecule has 1 aromatic rings. The van der Waals surface area contributed by atoms with E-state index in [1.807, 2.05) is 6.92 Å². The summed E-state index contributed by atoms with van der Waals surface area (Å²) in [5.74, 6) is 1.91. The Hall–Kier alpha value is -1.47. The zero-order chi connectivity index (χ0) is 18.6. The molecule has 0 radical (unpaired) electrons. The number of aliphatic hydroxyl groups excluding tert-OH is 1. The number of thiocarbonyl (C=S) groups is 1. The number of nitrogens with one attached hydrogen (secondary N) is 2. The van der Waals surface area contributed by atoms with Crippen molar-refractivity contribution in [3.05, 3.63) is 11.3 Å². The van der Waals surface area contributed by atoms with Crippen LogP contribution in [0.5, 0.6) is 0 Å². The van der Waals surface area contributed by atoms with E-state index in [1.165, 1.54) is 0 Å². The van der Waals surface area contributed by atoms with Crippen molar-refractivity contribution in [2.45, 2.75) is 58.9 Å². The van der Waals surface area contributed by atoms with Crippen LogP contribution in [0.4, 0.5) is 11.8 Å². The van der Waals surface area contributed by atoms with Crippen molar-refractivity contribution in [2.75, 3.05) is 23.8 Å². The molecule has 0 aromatic carbocycles. The molecule has 0 bridgehead atoms. The number of hydrogen-bond donors (Lipinski definition) is 4. The molecule has 1 heterocycles. The molecule has 0 spiro atoms. The van der Waals surface area contributed by atoms with Crippen LogP contribution in [0.3, 0.4) is 0 Å².